The topological polar surface area (TPSA) is 67.5 Å². The van der Waals surface area contributed by atoms with Crippen LogP contribution in [0.5, 0.6) is 0 Å². The van der Waals surface area contributed by atoms with Gasteiger partial charge in [-0.3, -0.25) is 0 Å². The van der Waals surface area contributed by atoms with Gasteiger partial charge in [0.1, 0.15) is 0 Å². The van der Waals surface area contributed by atoms with Gasteiger partial charge in [-0.25, -0.2) is 10.2 Å². The van der Waals surface area contributed by atoms with Crippen molar-refractivity contribution in [1.29, 1.82) is 0 Å². The number of hydrazone groups is 1. The Bertz CT molecular complexity index is 303. The number of primary amides is 1. The fourth-order valence-electron chi connectivity index (χ4n) is 2.02. The number of nitrogens with zero attached hydrogens (tertiary/aromatic N) is 1. The van der Waals surface area contributed by atoms with Gasteiger partial charge in [0.2, 0.25) is 0 Å². The molecule has 0 heterocycles. The van der Waals surface area contributed by atoms with E-state index in [4.69, 9.17) is 5.73 Å². The number of hydrogen-bond acceptors (Lipinski definition) is 2. The number of carbonyl (C=O) groups is 1. The zero-order valence-electron chi connectivity index (χ0n) is 10.2. The molecule has 0 aromatic heterocycles. The highest BCUT2D eigenvalue weighted by molar-refractivity contribution is 5.89. The molecule has 1 saturated carbocycles. The summed E-state index contributed by atoms with van der Waals surface area (Å²) < 4.78 is 0. The highest BCUT2D eigenvalue weighted by Crippen LogP contribution is 2.63. The van der Waals surface area contributed by atoms with Crippen molar-refractivity contribution in [3.63, 3.8) is 0 Å². The Hall–Kier alpha value is -1.06. The maximum Gasteiger partial charge on any atom is 0.332 e. The smallest absolute Gasteiger partial charge is 0.332 e. The highest BCUT2D eigenvalue weighted by atomic mass is 16.2. The molecule has 0 aromatic rings. The summed E-state index contributed by atoms with van der Waals surface area (Å²) in [4.78, 5) is 10.5. The molecule has 3 N–H and O–H groups in total. The third kappa shape index (κ3) is 2.30. The van der Waals surface area contributed by atoms with E-state index < -0.39 is 6.03 Å². The molecule has 0 saturated heterocycles. The minimum atomic E-state index is -0.604. The fourth-order valence-corrected chi connectivity index (χ4v) is 2.02. The molecule has 0 aliphatic heterocycles. The second kappa shape index (κ2) is 3.51. The number of carbonyl (C=O) groups excluding carboxylic acids is 1. The van der Waals surface area contributed by atoms with Crippen molar-refractivity contribution in [2.75, 3.05) is 0 Å². The molecule has 1 aliphatic rings. The van der Waals surface area contributed by atoms with E-state index in [1.807, 2.05) is 6.92 Å². The number of urea groups is 1. The summed E-state index contributed by atoms with van der Waals surface area (Å²) in [6.45, 7) is 10.9. The van der Waals surface area contributed by atoms with Crippen LogP contribution in [0.4, 0.5) is 4.79 Å². The summed E-state index contributed by atoms with van der Waals surface area (Å²) in [5.41, 5.74) is 8.76. The Morgan fingerprint density at radius 2 is 2.07 bits per heavy atom. The van der Waals surface area contributed by atoms with Gasteiger partial charge in [-0.1, -0.05) is 27.7 Å². The van der Waals surface area contributed by atoms with E-state index in [0.717, 1.165) is 12.1 Å². The summed E-state index contributed by atoms with van der Waals surface area (Å²) in [6, 6.07) is -0.604. The van der Waals surface area contributed by atoms with E-state index in [0.29, 0.717) is 11.3 Å². The average molecular weight is 211 g/mol. The molecule has 0 bridgehead atoms. The summed E-state index contributed by atoms with van der Waals surface area (Å²) in [7, 11) is 0. The van der Waals surface area contributed by atoms with Gasteiger partial charge in [-0.15, -0.1) is 0 Å². The number of amides is 2. The van der Waals surface area contributed by atoms with Crippen LogP contribution in [0.15, 0.2) is 5.10 Å². The predicted molar refractivity (Wildman–Crippen MR) is 61.5 cm³/mol. The number of nitrogens with one attached hydrogen (secondary N) is 1. The van der Waals surface area contributed by atoms with Crippen molar-refractivity contribution in [1.82, 2.24) is 5.43 Å². The molecule has 0 aromatic carbocycles. The molecule has 0 unspecified atom stereocenters. The molecule has 0 spiro atoms. The van der Waals surface area contributed by atoms with Crippen molar-refractivity contribution in [2.24, 2.45) is 27.6 Å². The Morgan fingerprint density at radius 3 is 2.40 bits per heavy atom. The van der Waals surface area contributed by atoms with E-state index in [2.05, 4.69) is 38.2 Å². The second-order valence-corrected chi connectivity index (χ2v) is 5.65. The first-order valence-electron chi connectivity index (χ1n) is 5.28. The van der Waals surface area contributed by atoms with Crippen molar-refractivity contribution in [2.45, 2.75) is 41.0 Å². The van der Waals surface area contributed by atoms with Gasteiger partial charge < -0.3 is 5.73 Å². The van der Waals surface area contributed by atoms with E-state index in [1.165, 1.54) is 0 Å². The van der Waals surface area contributed by atoms with Gasteiger partial charge in [0, 0.05) is 11.6 Å². The molecule has 2 amide bonds. The molecule has 0 radical (unpaired) electrons. The molecule has 1 aliphatic carbocycles. The molecular formula is C11H21N3O. The lowest BCUT2D eigenvalue weighted by atomic mass is 9.77. The summed E-state index contributed by atoms with van der Waals surface area (Å²) in [5, 5.41) is 3.99. The van der Waals surface area contributed by atoms with E-state index >= 15 is 0 Å². The largest absolute Gasteiger partial charge is 0.350 e. The van der Waals surface area contributed by atoms with Crippen LogP contribution in [0, 0.1) is 16.7 Å². The molecule has 4 heteroatoms. The van der Waals surface area contributed by atoms with Gasteiger partial charge in [-0.05, 0) is 24.2 Å². The van der Waals surface area contributed by atoms with Crippen molar-refractivity contribution >= 4 is 11.7 Å². The summed E-state index contributed by atoms with van der Waals surface area (Å²) in [5.74, 6) is 0.462. The van der Waals surface area contributed by atoms with Gasteiger partial charge in [0.15, 0.2) is 0 Å². The normalized spacial score (nSPS) is 31.3. The number of rotatable bonds is 2. The quantitative estimate of drug-likeness (QED) is 0.533. The van der Waals surface area contributed by atoms with Crippen molar-refractivity contribution in [3.05, 3.63) is 0 Å². The minimum absolute atomic E-state index is 0.265. The number of nitrogens with two attached hydrogens (primary N) is 1. The molecule has 15 heavy (non-hydrogen) atoms. The van der Waals surface area contributed by atoms with Crippen LogP contribution < -0.4 is 11.2 Å². The van der Waals surface area contributed by atoms with Crippen LogP contribution in [-0.4, -0.2) is 11.7 Å². The van der Waals surface area contributed by atoms with Crippen LogP contribution in [-0.2, 0) is 0 Å². The zero-order chi connectivity index (χ0) is 11.9. The van der Waals surface area contributed by atoms with E-state index in [1.54, 1.807) is 0 Å². The first kappa shape index (κ1) is 12.0. The Morgan fingerprint density at radius 1 is 1.53 bits per heavy atom. The first-order chi connectivity index (χ1) is 6.68. The Kier molecular flexibility index (Phi) is 2.81. The monoisotopic (exact) mass is 211 g/mol. The maximum atomic E-state index is 10.5. The predicted octanol–water partition coefficient (Wildman–Crippen LogP) is 2.10. The average Bonchev–Trinajstić information content (AvgIpc) is 2.74. The zero-order valence-corrected chi connectivity index (χ0v) is 10.2. The van der Waals surface area contributed by atoms with Crippen LogP contribution in [0.1, 0.15) is 41.0 Å². The molecule has 1 fully saturated rings. The third-order valence-electron chi connectivity index (χ3n) is 3.80. The molecule has 4 nitrogen and oxygen atoms in total. The molecular weight excluding hydrogens is 190 g/mol. The summed E-state index contributed by atoms with van der Waals surface area (Å²) >= 11 is 0. The fraction of sp³-hybridized carbons (Fsp3) is 0.818. The Balaban J connectivity index is 2.64. The van der Waals surface area contributed by atoms with Gasteiger partial charge in [-0.2, -0.15) is 5.10 Å². The third-order valence-corrected chi connectivity index (χ3v) is 3.80. The lowest BCUT2D eigenvalue weighted by Gasteiger charge is -2.28. The Labute approximate surface area is 91.3 Å². The molecule has 86 valence electrons. The van der Waals surface area contributed by atoms with Crippen LogP contribution in [0.2, 0.25) is 0 Å². The maximum absolute atomic E-state index is 10.5. The van der Waals surface area contributed by atoms with Crippen LogP contribution >= 0.6 is 0 Å². The summed E-state index contributed by atoms with van der Waals surface area (Å²) in [6.07, 6.45) is 1.13. The second-order valence-electron chi connectivity index (χ2n) is 5.65. The van der Waals surface area contributed by atoms with Gasteiger partial charge in [0.25, 0.3) is 0 Å². The van der Waals surface area contributed by atoms with Crippen molar-refractivity contribution in [3.8, 4) is 0 Å². The SMILES string of the molecule is C/C(=N/NC(N)=O)[C@@H]1C[C@@]1(C)C(C)(C)C. The molecule has 1 rings (SSSR count). The highest BCUT2D eigenvalue weighted by Gasteiger charge is 2.58. The van der Waals surface area contributed by atoms with Crippen molar-refractivity contribution < 1.29 is 4.79 Å². The first-order valence-corrected chi connectivity index (χ1v) is 5.28. The standard InChI is InChI=1S/C11H21N3O/c1-7(13-14-9(12)15)8-6-11(8,5)10(2,3)4/h8H,6H2,1-5H3,(H3,12,14,15)/b13-7-/t8-,11+/m0/s1. The van der Waals surface area contributed by atoms with E-state index in [-0.39, 0.29) is 5.41 Å². The van der Waals surface area contributed by atoms with Gasteiger partial charge >= 0.3 is 6.03 Å². The van der Waals surface area contributed by atoms with Crippen LogP contribution in [0.25, 0.3) is 0 Å². The minimum Gasteiger partial charge on any atom is -0.350 e. The lowest BCUT2D eigenvalue weighted by molar-refractivity contribution is 0.226. The van der Waals surface area contributed by atoms with Gasteiger partial charge in [0.05, 0.1) is 0 Å². The molecule has 2 atom stereocenters. The van der Waals surface area contributed by atoms with E-state index in [9.17, 15) is 4.79 Å². The van der Waals surface area contributed by atoms with Crippen LogP contribution in [0.3, 0.4) is 0 Å². The number of hydrogen-bond donors (Lipinski definition) is 2. The lowest BCUT2D eigenvalue weighted by Crippen LogP contribution is -2.27.